The van der Waals surface area contributed by atoms with Crippen molar-refractivity contribution >= 4 is 15.8 Å². The molecular weight excluding hydrogens is 290 g/mol. The van der Waals surface area contributed by atoms with Crippen LogP contribution in [0.1, 0.15) is 18.4 Å². The minimum atomic E-state index is -3.38. The molecule has 0 aliphatic carbocycles. The first-order valence-electron chi connectivity index (χ1n) is 7.19. The van der Waals surface area contributed by atoms with Gasteiger partial charge in [0.25, 0.3) is 0 Å². The van der Waals surface area contributed by atoms with Crippen molar-refractivity contribution in [3.63, 3.8) is 0 Å². The standard InChI is InChI=1S/C13H23N5O2S/c1-3-12-10-13(16-11(2)15-12)18-6-4-17(5-7-18)8-9-21(14,19)20/h10H,3-9H2,1-2H3,(H2,14,19,20). The highest BCUT2D eigenvalue weighted by Gasteiger charge is 2.19. The topological polar surface area (TPSA) is 92.4 Å². The molecule has 0 amide bonds. The molecular formula is C13H23N5O2S. The second-order valence-corrected chi connectivity index (χ2v) is 7.05. The van der Waals surface area contributed by atoms with E-state index in [4.69, 9.17) is 5.14 Å². The predicted molar refractivity (Wildman–Crippen MR) is 82.8 cm³/mol. The predicted octanol–water partition coefficient (Wildman–Crippen LogP) is -0.242. The van der Waals surface area contributed by atoms with Crippen LogP contribution in [0.2, 0.25) is 0 Å². The van der Waals surface area contributed by atoms with Crippen molar-refractivity contribution in [3.8, 4) is 0 Å². The maximum atomic E-state index is 11.0. The van der Waals surface area contributed by atoms with Crippen molar-refractivity contribution < 1.29 is 8.42 Å². The van der Waals surface area contributed by atoms with Gasteiger partial charge in [-0.05, 0) is 13.3 Å². The van der Waals surface area contributed by atoms with Crippen LogP contribution < -0.4 is 10.0 Å². The van der Waals surface area contributed by atoms with Crippen LogP contribution >= 0.6 is 0 Å². The molecule has 1 aromatic rings. The lowest BCUT2D eigenvalue weighted by Gasteiger charge is -2.35. The van der Waals surface area contributed by atoms with E-state index in [9.17, 15) is 8.42 Å². The number of aromatic nitrogens is 2. The maximum Gasteiger partial charge on any atom is 0.210 e. The van der Waals surface area contributed by atoms with E-state index < -0.39 is 10.0 Å². The number of nitrogens with zero attached hydrogens (tertiary/aromatic N) is 4. The Morgan fingerprint density at radius 3 is 2.48 bits per heavy atom. The molecule has 1 fully saturated rings. The zero-order chi connectivity index (χ0) is 15.5. The molecule has 0 aromatic carbocycles. The number of nitrogens with two attached hydrogens (primary N) is 1. The molecule has 2 N–H and O–H groups in total. The molecule has 7 nitrogen and oxygen atoms in total. The molecule has 1 aliphatic heterocycles. The smallest absolute Gasteiger partial charge is 0.210 e. The third-order valence-corrected chi connectivity index (χ3v) is 4.38. The average Bonchev–Trinajstić information content (AvgIpc) is 2.44. The third-order valence-electron chi connectivity index (χ3n) is 3.63. The van der Waals surface area contributed by atoms with Gasteiger partial charge in [0.1, 0.15) is 11.6 Å². The van der Waals surface area contributed by atoms with Crippen molar-refractivity contribution in [3.05, 3.63) is 17.6 Å². The van der Waals surface area contributed by atoms with E-state index in [1.807, 2.05) is 13.0 Å². The fourth-order valence-corrected chi connectivity index (χ4v) is 2.92. The number of hydrogen-bond donors (Lipinski definition) is 1. The van der Waals surface area contributed by atoms with Crippen molar-refractivity contribution in [1.29, 1.82) is 0 Å². The highest BCUT2D eigenvalue weighted by atomic mass is 32.2. The summed E-state index contributed by atoms with van der Waals surface area (Å²) in [5.41, 5.74) is 1.05. The van der Waals surface area contributed by atoms with Crippen molar-refractivity contribution in [2.45, 2.75) is 20.3 Å². The summed E-state index contributed by atoms with van der Waals surface area (Å²) >= 11 is 0. The van der Waals surface area contributed by atoms with Crippen LogP contribution in [0.4, 0.5) is 5.82 Å². The third kappa shape index (κ3) is 4.90. The number of hydrogen-bond acceptors (Lipinski definition) is 6. The van der Waals surface area contributed by atoms with Crippen LogP contribution in [0.5, 0.6) is 0 Å². The number of anilines is 1. The highest BCUT2D eigenvalue weighted by molar-refractivity contribution is 7.89. The van der Waals surface area contributed by atoms with Gasteiger partial charge in [-0.3, -0.25) is 4.90 Å². The molecule has 0 atom stereocenters. The van der Waals surface area contributed by atoms with Gasteiger partial charge in [-0.15, -0.1) is 0 Å². The van der Waals surface area contributed by atoms with E-state index in [0.717, 1.165) is 49.9 Å². The molecule has 8 heteroatoms. The molecule has 0 saturated carbocycles. The van der Waals surface area contributed by atoms with E-state index in [1.165, 1.54) is 0 Å². The summed E-state index contributed by atoms with van der Waals surface area (Å²) in [6.07, 6.45) is 0.894. The lowest BCUT2D eigenvalue weighted by Crippen LogP contribution is -2.48. The van der Waals surface area contributed by atoms with Gasteiger partial charge < -0.3 is 4.90 Å². The molecule has 0 unspecified atom stereocenters. The summed E-state index contributed by atoms with van der Waals surface area (Å²) in [7, 11) is -3.38. The molecule has 0 radical (unpaired) electrons. The van der Waals surface area contributed by atoms with Gasteiger partial charge in [0, 0.05) is 44.5 Å². The lowest BCUT2D eigenvalue weighted by molar-refractivity contribution is 0.271. The van der Waals surface area contributed by atoms with Gasteiger partial charge in [0.15, 0.2) is 0 Å². The minimum Gasteiger partial charge on any atom is -0.354 e. The summed E-state index contributed by atoms with van der Waals surface area (Å²) < 4.78 is 22.0. The van der Waals surface area contributed by atoms with Gasteiger partial charge in [0.05, 0.1) is 5.75 Å². The first-order chi connectivity index (χ1) is 9.87. The SMILES string of the molecule is CCc1cc(N2CCN(CCS(N)(=O)=O)CC2)nc(C)n1. The summed E-state index contributed by atoms with van der Waals surface area (Å²) in [4.78, 5) is 13.2. The molecule has 21 heavy (non-hydrogen) atoms. The Bertz CT molecular complexity index is 582. The molecule has 0 bridgehead atoms. The molecule has 2 rings (SSSR count). The summed E-state index contributed by atoms with van der Waals surface area (Å²) in [6, 6.07) is 2.03. The molecule has 2 heterocycles. The molecule has 0 spiro atoms. The minimum absolute atomic E-state index is 0.0135. The second-order valence-electron chi connectivity index (χ2n) is 5.31. The van der Waals surface area contributed by atoms with Gasteiger partial charge >= 0.3 is 0 Å². The van der Waals surface area contributed by atoms with E-state index in [-0.39, 0.29) is 5.75 Å². The van der Waals surface area contributed by atoms with Crippen LogP contribution in [-0.2, 0) is 16.4 Å². The summed E-state index contributed by atoms with van der Waals surface area (Å²) in [6.45, 7) is 7.80. The number of sulfonamides is 1. The van der Waals surface area contributed by atoms with Gasteiger partial charge in [-0.25, -0.2) is 23.5 Å². The highest BCUT2D eigenvalue weighted by Crippen LogP contribution is 2.15. The van der Waals surface area contributed by atoms with Crippen LogP contribution in [0, 0.1) is 6.92 Å². The number of rotatable bonds is 5. The van der Waals surface area contributed by atoms with Crippen LogP contribution in [0.25, 0.3) is 0 Å². The zero-order valence-electron chi connectivity index (χ0n) is 12.6. The van der Waals surface area contributed by atoms with Gasteiger partial charge in [-0.1, -0.05) is 6.92 Å². The van der Waals surface area contributed by atoms with Gasteiger partial charge in [0.2, 0.25) is 10.0 Å². The van der Waals surface area contributed by atoms with E-state index in [2.05, 4.69) is 26.7 Å². The Hall–Kier alpha value is -1.25. The van der Waals surface area contributed by atoms with E-state index in [1.54, 1.807) is 0 Å². The van der Waals surface area contributed by atoms with Crippen molar-refractivity contribution in [1.82, 2.24) is 14.9 Å². The summed E-state index contributed by atoms with van der Waals surface area (Å²) in [5, 5.41) is 5.04. The Labute approximate surface area is 126 Å². The zero-order valence-corrected chi connectivity index (χ0v) is 13.4. The quantitative estimate of drug-likeness (QED) is 0.806. The van der Waals surface area contributed by atoms with E-state index >= 15 is 0 Å². The fraction of sp³-hybridized carbons (Fsp3) is 0.692. The molecule has 1 saturated heterocycles. The fourth-order valence-electron chi connectivity index (χ4n) is 2.41. The second kappa shape index (κ2) is 6.67. The lowest BCUT2D eigenvalue weighted by atomic mass is 10.2. The maximum absolute atomic E-state index is 11.0. The molecule has 1 aromatic heterocycles. The van der Waals surface area contributed by atoms with Crippen LogP contribution in [0.15, 0.2) is 6.07 Å². The van der Waals surface area contributed by atoms with Crippen molar-refractivity contribution in [2.75, 3.05) is 43.4 Å². The summed E-state index contributed by atoms with van der Waals surface area (Å²) in [5.74, 6) is 1.77. The first kappa shape index (κ1) is 16.1. The Kier molecular flexibility index (Phi) is 5.13. The van der Waals surface area contributed by atoms with Crippen molar-refractivity contribution in [2.24, 2.45) is 5.14 Å². The van der Waals surface area contributed by atoms with Crippen LogP contribution in [-0.4, -0.2) is 61.8 Å². The Morgan fingerprint density at radius 2 is 1.90 bits per heavy atom. The Morgan fingerprint density at radius 1 is 1.24 bits per heavy atom. The Balaban J connectivity index is 1.93. The number of piperazine rings is 1. The van der Waals surface area contributed by atoms with Gasteiger partial charge in [-0.2, -0.15) is 0 Å². The van der Waals surface area contributed by atoms with E-state index in [0.29, 0.717) is 6.54 Å². The number of aryl methyl sites for hydroxylation is 2. The molecule has 118 valence electrons. The first-order valence-corrected chi connectivity index (χ1v) is 8.91. The monoisotopic (exact) mass is 313 g/mol. The normalized spacial score (nSPS) is 17.2. The number of primary sulfonamides is 1. The molecule has 1 aliphatic rings. The average molecular weight is 313 g/mol. The largest absolute Gasteiger partial charge is 0.354 e. The van der Waals surface area contributed by atoms with Crippen LogP contribution in [0.3, 0.4) is 0 Å².